The molecule has 0 fully saturated rings. The van der Waals surface area contributed by atoms with Crippen LogP contribution in [0.15, 0.2) is 5.38 Å². The Morgan fingerprint density at radius 3 is 2.86 bits per heavy atom. The Balaban J connectivity index is 2.52. The van der Waals surface area contributed by atoms with Crippen LogP contribution < -0.4 is 5.73 Å². The number of aryl methyl sites for hydroxylation is 1. The first-order chi connectivity index (χ1) is 6.66. The van der Waals surface area contributed by atoms with Gasteiger partial charge in [0.1, 0.15) is 0 Å². The van der Waals surface area contributed by atoms with Crippen LogP contribution in [0.1, 0.15) is 29.8 Å². The van der Waals surface area contributed by atoms with E-state index in [-0.39, 0.29) is 6.04 Å². The molecule has 0 amide bonds. The molecule has 80 valence electrons. The monoisotopic (exact) mass is 233 g/mol. The number of ether oxygens (including phenoxy) is 1. The molecular weight excluding hydrogens is 218 g/mol. The second kappa shape index (κ2) is 5.71. The van der Waals surface area contributed by atoms with Crippen molar-refractivity contribution in [1.82, 2.24) is 0 Å². The molecule has 1 aromatic rings. The van der Waals surface area contributed by atoms with Crippen molar-refractivity contribution in [2.45, 2.75) is 26.3 Å². The second-order valence-electron chi connectivity index (χ2n) is 3.28. The van der Waals surface area contributed by atoms with Crippen molar-refractivity contribution in [3.8, 4) is 0 Å². The maximum atomic E-state index is 6.09. The van der Waals surface area contributed by atoms with E-state index in [0.717, 1.165) is 28.5 Å². The van der Waals surface area contributed by atoms with E-state index in [2.05, 4.69) is 6.92 Å². The first kappa shape index (κ1) is 12.0. The Kier molecular flexibility index (Phi) is 4.89. The Bertz CT molecular complexity index is 288. The first-order valence-corrected chi connectivity index (χ1v) is 5.99. The van der Waals surface area contributed by atoms with Crippen molar-refractivity contribution in [1.29, 1.82) is 0 Å². The molecule has 0 aromatic carbocycles. The van der Waals surface area contributed by atoms with Crippen LogP contribution in [0.4, 0.5) is 0 Å². The Labute approximate surface area is 94.0 Å². The lowest BCUT2D eigenvalue weighted by molar-refractivity contribution is 0.122. The summed E-state index contributed by atoms with van der Waals surface area (Å²) in [6, 6.07) is -0.0900. The highest BCUT2D eigenvalue weighted by atomic mass is 35.5. The molecule has 2 N–H and O–H groups in total. The lowest BCUT2D eigenvalue weighted by Crippen LogP contribution is -2.16. The van der Waals surface area contributed by atoms with Crippen LogP contribution in [0.3, 0.4) is 0 Å². The zero-order chi connectivity index (χ0) is 10.6. The predicted molar refractivity (Wildman–Crippen MR) is 62.1 cm³/mol. The zero-order valence-corrected chi connectivity index (χ0v) is 10.1. The van der Waals surface area contributed by atoms with Gasteiger partial charge in [-0.2, -0.15) is 0 Å². The van der Waals surface area contributed by atoms with E-state index in [0.29, 0.717) is 6.61 Å². The summed E-state index contributed by atoms with van der Waals surface area (Å²) in [4.78, 5) is 1.03. The topological polar surface area (TPSA) is 35.2 Å². The molecule has 0 aliphatic heterocycles. The van der Waals surface area contributed by atoms with Crippen LogP contribution in [-0.2, 0) is 4.74 Å². The van der Waals surface area contributed by atoms with Crippen molar-refractivity contribution in [3.63, 3.8) is 0 Å². The van der Waals surface area contributed by atoms with Crippen molar-refractivity contribution >= 4 is 22.9 Å². The molecule has 0 aliphatic carbocycles. The minimum absolute atomic E-state index is 0.0900. The number of hydrogen-bond donors (Lipinski definition) is 1. The summed E-state index contributed by atoms with van der Waals surface area (Å²) in [6.45, 7) is 5.37. The van der Waals surface area contributed by atoms with Gasteiger partial charge in [0, 0.05) is 11.5 Å². The molecule has 14 heavy (non-hydrogen) atoms. The lowest BCUT2D eigenvalue weighted by atomic mass is 10.2. The molecule has 0 radical (unpaired) electrons. The summed E-state index contributed by atoms with van der Waals surface area (Å²) >= 11 is 7.70. The SMILES string of the molecule is CCCOCC(N)c1scc(C)c1Cl. The van der Waals surface area contributed by atoms with Gasteiger partial charge in [-0.1, -0.05) is 18.5 Å². The van der Waals surface area contributed by atoms with Gasteiger partial charge in [0.2, 0.25) is 0 Å². The van der Waals surface area contributed by atoms with E-state index in [4.69, 9.17) is 22.1 Å². The number of hydrogen-bond acceptors (Lipinski definition) is 3. The summed E-state index contributed by atoms with van der Waals surface area (Å²) < 4.78 is 5.39. The van der Waals surface area contributed by atoms with Gasteiger partial charge < -0.3 is 10.5 Å². The fourth-order valence-electron chi connectivity index (χ4n) is 1.13. The molecule has 2 nitrogen and oxygen atoms in total. The van der Waals surface area contributed by atoms with E-state index < -0.39 is 0 Å². The fourth-order valence-corrected chi connectivity index (χ4v) is 2.45. The molecule has 1 atom stereocenters. The van der Waals surface area contributed by atoms with Gasteiger partial charge in [0.25, 0.3) is 0 Å². The van der Waals surface area contributed by atoms with Gasteiger partial charge in [0.05, 0.1) is 17.7 Å². The van der Waals surface area contributed by atoms with E-state index >= 15 is 0 Å². The normalized spacial score (nSPS) is 13.1. The van der Waals surface area contributed by atoms with Crippen LogP contribution in [-0.4, -0.2) is 13.2 Å². The number of halogens is 1. The molecule has 0 bridgehead atoms. The molecule has 4 heteroatoms. The van der Waals surface area contributed by atoms with Crippen molar-refractivity contribution in [2.24, 2.45) is 5.73 Å². The summed E-state index contributed by atoms with van der Waals surface area (Å²) in [5.74, 6) is 0. The third-order valence-corrected chi connectivity index (χ3v) is 3.75. The summed E-state index contributed by atoms with van der Waals surface area (Å²) in [5.41, 5.74) is 7.05. The molecule has 1 rings (SSSR count). The smallest absolute Gasteiger partial charge is 0.0667 e. The number of thiophene rings is 1. The first-order valence-electron chi connectivity index (χ1n) is 4.73. The average molecular weight is 234 g/mol. The van der Waals surface area contributed by atoms with Gasteiger partial charge in [-0.15, -0.1) is 11.3 Å². The minimum Gasteiger partial charge on any atom is -0.379 e. The van der Waals surface area contributed by atoms with Crippen LogP contribution in [0.5, 0.6) is 0 Å². The molecule has 0 aliphatic rings. The van der Waals surface area contributed by atoms with Gasteiger partial charge in [-0.05, 0) is 24.3 Å². The highest BCUT2D eigenvalue weighted by Gasteiger charge is 2.13. The van der Waals surface area contributed by atoms with Gasteiger partial charge in [-0.3, -0.25) is 0 Å². The maximum Gasteiger partial charge on any atom is 0.0667 e. The van der Waals surface area contributed by atoms with Crippen LogP contribution >= 0.6 is 22.9 Å². The standard InChI is InChI=1S/C10H16ClNOS/c1-3-4-13-5-8(12)10-9(11)7(2)6-14-10/h6,8H,3-5,12H2,1-2H3. The maximum absolute atomic E-state index is 6.09. The molecule has 0 saturated heterocycles. The lowest BCUT2D eigenvalue weighted by Gasteiger charge is -2.10. The molecule has 1 unspecified atom stereocenters. The van der Waals surface area contributed by atoms with Crippen LogP contribution in [0, 0.1) is 6.92 Å². The van der Waals surface area contributed by atoms with Gasteiger partial charge in [-0.25, -0.2) is 0 Å². The third-order valence-electron chi connectivity index (χ3n) is 1.91. The molecule has 1 aromatic heterocycles. The largest absolute Gasteiger partial charge is 0.379 e. The van der Waals surface area contributed by atoms with Crippen molar-refractivity contribution in [2.75, 3.05) is 13.2 Å². The highest BCUT2D eigenvalue weighted by Crippen LogP contribution is 2.31. The van der Waals surface area contributed by atoms with E-state index in [1.54, 1.807) is 11.3 Å². The Morgan fingerprint density at radius 2 is 2.36 bits per heavy atom. The number of nitrogens with two attached hydrogens (primary N) is 1. The van der Waals surface area contributed by atoms with E-state index in [1.807, 2.05) is 12.3 Å². The average Bonchev–Trinajstić information content (AvgIpc) is 2.48. The molecule has 1 heterocycles. The minimum atomic E-state index is -0.0900. The Morgan fingerprint density at radius 1 is 1.64 bits per heavy atom. The Hall–Kier alpha value is -0.0900. The van der Waals surface area contributed by atoms with Crippen LogP contribution in [0.25, 0.3) is 0 Å². The molecule has 0 saturated carbocycles. The molecule has 0 spiro atoms. The number of rotatable bonds is 5. The summed E-state index contributed by atoms with van der Waals surface area (Å²) in [6.07, 6.45) is 1.02. The fraction of sp³-hybridized carbons (Fsp3) is 0.600. The van der Waals surface area contributed by atoms with E-state index in [1.165, 1.54) is 0 Å². The highest BCUT2D eigenvalue weighted by molar-refractivity contribution is 7.10. The van der Waals surface area contributed by atoms with Crippen molar-refractivity contribution in [3.05, 3.63) is 20.8 Å². The van der Waals surface area contributed by atoms with Crippen molar-refractivity contribution < 1.29 is 4.74 Å². The predicted octanol–water partition coefficient (Wildman–Crippen LogP) is 3.14. The quantitative estimate of drug-likeness (QED) is 0.794. The van der Waals surface area contributed by atoms with Crippen LogP contribution in [0.2, 0.25) is 5.02 Å². The second-order valence-corrected chi connectivity index (χ2v) is 4.57. The summed E-state index contributed by atoms with van der Waals surface area (Å²) in [5, 5.41) is 2.82. The van der Waals surface area contributed by atoms with E-state index in [9.17, 15) is 0 Å². The third kappa shape index (κ3) is 2.95. The zero-order valence-electron chi connectivity index (χ0n) is 8.55. The summed E-state index contributed by atoms with van der Waals surface area (Å²) in [7, 11) is 0. The van der Waals surface area contributed by atoms with Gasteiger partial charge >= 0.3 is 0 Å². The van der Waals surface area contributed by atoms with Gasteiger partial charge in [0.15, 0.2) is 0 Å². The molecular formula is C10H16ClNOS.